The SMILES string of the molecule is COC(=O)C[C@H](CN1CC2(CCNC2)C1)c1cccc(C2CC2)c1. The van der Waals surface area contributed by atoms with E-state index >= 15 is 0 Å². The van der Waals surface area contributed by atoms with Crippen molar-refractivity contribution in [2.45, 2.75) is 37.5 Å². The molecule has 130 valence electrons. The monoisotopic (exact) mass is 328 g/mol. The van der Waals surface area contributed by atoms with Crippen LogP contribution in [0.4, 0.5) is 0 Å². The van der Waals surface area contributed by atoms with E-state index in [1.807, 2.05) is 0 Å². The van der Waals surface area contributed by atoms with Gasteiger partial charge in [0.1, 0.15) is 0 Å². The number of rotatable bonds is 6. The van der Waals surface area contributed by atoms with Gasteiger partial charge in [0.05, 0.1) is 13.5 Å². The predicted molar refractivity (Wildman–Crippen MR) is 94.2 cm³/mol. The van der Waals surface area contributed by atoms with Crippen LogP contribution in [-0.4, -0.2) is 50.7 Å². The molecule has 0 amide bonds. The summed E-state index contributed by atoms with van der Waals surface area (Å²) in [6.45, 7) is 5.61. The van der Waals surface area contributed by atoms with E-state index in [1.54, 1.807) is 0 Å². The summed E-state index contributed by atoms with van der Waals surface area (Å²) in [6.07, 6.45) is 4.40. The third-order valence-corrected chi connectivity index (χ3v) is 6.00. The van der Waals surface area contributed by atoms with E-state index < -0.39 is 0 Å². The summed E-state index contributed by atoms with van der Waals surface area (Å²) >= 11 is 0. The second-order valence-electron chi connectivity index (χ2n) is 8.02. The lowest BCUT2D eigenvalue weighted by Crippen LogP contribution is -2.58. The summed E-state index contributed by atoms with van der Waals surface area (Å²) in [5.74, 6) is 0.887. The van der Waals surface area contributed by atoms with Crippen molar-refractivity contribution in [2.24, 2.45) is 5.41 Å². The zero-order valence-electron chi connectivity index (χ0n) is 14.6. The van der Waals surface area contributed by atoms with Gasteiger partial charge in [0, 0.05) is 37.5 Å². The summed E-state index contributed by atoms with van der Waals surface area (Å²) in [6, 6.07) is 8.91. The van der Waals surface area contributed by atoms with Crippen molar-refractivity contribution in [1.29, 1.82) is 0 Å². The highest BCUT2D eigenvalue weighted by atomic mass is 16.5. The lowest BCUT2D eigenvalue weighted by molar-refractivity contribution is -0.141. The zero-order chi connectivity index (χ0) is 16.6. The maximum absolute atomic E-state index is 11.9. The lowest BCUT2D eigenvalue weighted by Gasteiger charge is -2.49. The lowest BCUT2D eigenvalue weighted by atomic mass is 9.78. The Labute approximate surface area is 144 Å². The van der Waals surface area contributed by atoms with E-state index in [2.05, 4.69) is 34.5 Å². The number of esters is 1. The third kappa shape index (κ3) is 3.35. The van der Waals surface area contributed by atoms with Gasteiger partial charge >= 0.3 is 5.97 Å². The highest BCUT2D eigenvalue weighted by molar-refractivity contribution is 5.70. The number of likely N-dealkylation sites (tertiary alicyclic amines) is 1. The number of nitrogens with zero attached hydrogens (tertiary/aromatic N) is 1. The van der Waals surface area contributed by atoms with Gasteiger partial charge in [-0.25, -0.2) is 0 Å². The molecule has 0 radical (unpaired) electrons. The Kier molecular flexibility index (Phi) is 4.35. The molecule has 2 saturated heterocycles. The predicted octanol–water partition coefficient (Wildman–Crippen LogP) is 2.51. The zero-order valence-corrected chi connectivity index (χ0v) is 14.6. The van der Waals surface area contributed by atoms with Crippen LogP contribution in [-0.2, 0) is 9.53 Å². The maximum Gasteiger partial charge on any atom is 0.306 e. The number of carbonyl (C=O) groups excluding carboxylic acids is 1. The molecular weight excluding hydrogens is 300 g/mol. The first kappa shape index (κ1) is 16.1. The average molecular weight is 328 g/mol. The molecule has 0 aromatic heterocycles. The van der Waals surface area contributed by atoms with Gasteiger partial charge in [0.2, 0.25) is 0 Å². The molecule has 1 aliphatic carbocycles. The van der Waals surface area contributed by atoms with Crippen molar-refractivity contribution < 1.29 is 9.53 Å². The fourth-order valence-corrected chi connectivity index (χ4v) is 4.46. The van der Waals surface area contributed by atoms with Crippen molar-refractivity contribution in [3.63, 3.8) is 0 Å². The standard InChI is InChI=1S/C20H28N2O2/c1-24-19(23)10-18(11-22-13-20(14-22)7-8-21-12-20)17-4-2-3-16(9-17)15-5-6-15/h2-4,9,15,18,21H,5-8,10-14H2,1H3/t18-/m1/s1. The van der Waals surface area contributed by atoms with Crippen LogP contribution in [0.3, 0.4) is 0 Å². The number of hydrogen-bond donors (Lipinski definition) is 1. The number of methoxy groups -OCH3 is 1. The fourth-order valence-electron chi connectivity index (χ4n) is 4.46. The van der Waals surface area contributed by atoms with Crippen LogP contribution in [0.1, 0.15) is 48.6 Å². The first-order valence-corrected chi connectivity index (χ1v) is 9.27. The van der Waals surface area contributed by atoms with Gasteiger partial charge < -0.3 is 15.0 Å². The molecule has 3 fully saturated rings. The van der Waals surface area contributed by atoms with E-state index in [1.165, 1.54) is 50.6 Å². The summed E-state index contributed by atoms with van der Waals surface area (Å²) < 4.78 is 4.95. The largest absolute Gasteiger partial charge is 0.469 e. The molecule has 1 atom stereocenters. The van der Waals surface area contributed by atoms with Crippen LogP contribution < -0.4 is 5.32 Å². The van der Waals surface area contributed by atoms with Crippen LogP contribution in [0.2, 0.25) is 0 Å². The number of nitrogens with one attached hydrogen (secondary N) is 1. The van der Waals surface area contributed by atoms with Crippen LogP contribution in [0, 0.1) is 5.41 Å². The van der Waals surface area contributed by atoms with E-state index in [4.69, 9.17) is 4.74 Å². The molecule has 24 heavy (non-hydrogen) atoms. The Hall–Kier alpha value is -1.39. The van der Waals surface area contributed by atoms with Gasteiger partial charge in [0.25, 0.3) is 0 Å². The molecule has 4 heteroatoms. The second-order valence-corrected chi connectivity index (χ2v) is 8.02. The first-order valence-electron chi connectivity index (χ1n) is 9.27. The van der Waals surface area contributed by atoms with Crippen LogP contribution in [0.25, 0.3) is 0 Å². The minimum atomic E-state index is -0.102. The summed E-state index contributed by atoms with van der Waals surface area (Å²) in [5.41, 5.74) is 3.25. The van der Waals surface area contributed by atoms with Gasteiger partial charge in [-0.3, -0.25) is 4.79 Å². The van der Waals surface area contributed by atoms with Crippen LogP contribution in [0.15, 0.2) is 24.3 Å². The molecule has 1 saturated carbocycles. The van der Waals surface area contributed by atoms with Crippen molar-refractivity contribution in [3.05, 3.63) is 35.4 Å². The fraction of sp³-hybridized carbons (Fsp3) is 0.650. The van der Waals surface area contributed by atoms with Crippen LogP contribution >= 0.6 is 0 Å². The Bertz CT molecular complexity index is 597. The molecule has 2 heterocycles. The van der Waals surface area contributed by atoms with E-state index in [0.717, 1.165) is 25.6 Å². The highest BCUT2D eigenvalue weighted by Crippen LogP contribution is 2.42. The van der Waals surface area contributed by atoms with E-state index in [-0.39, 0.29) is 11.9 Å². The van der Waals surface area contributed by atoms with Gasteiger partial charge in [-0.15, -0.1) is 0 Å². The van der Waals surface area contributed by atoms with Crippen molar-refractivity contribution in [2.75, 3.05) is 39.8 Å². The smallest absolute Gasteiger partial charge is 0.306 e. The Balaban J connectivity index is 1.45. The Morgan fingerprint density at radius 3 is 2.92 bits per heavy atom. The summed E-state index contributed by atoms with van der Waals surface area (Å²) in [7, 11) is 1.49. The third-order valence-electron chi connectivity index (χ3n) is 6.00. The minimum Gasteiger partial charge on any atom is -0.469 e. The minimum absolute atomic E-state index is 0.102. The molecule has 0 unspecified atom stereocenters. The van der Waals surface area contributed by atoms with Gasteiger partial charge in [-0.05, 0) is 42.9 Å². The number of hydrogen-bond acceptors (Lipinski definition) is 4. The summed E-state index contributed by atoms with van der Waals surface area (Å²) in [5, 5.41) is 3.49. The normalized spacial score (nSPS) is 23.9. The van der Waals surface area contributed by atoms with Gasteiger partial charge in [-0.2, -0.15) is 0 Å². The quantitative estimate of drug-likeness (QED) is 0.815. The molecule has 1 spiro atoms. The highest BCUT2D eigenvalue weighted by Gasteiger charge is 2.45. The second kappa shape index (κ2) is 6.49. The van der Waals surface area contributed by atoms with Gasteiger partial charge in [-0.1, -0.05) is 24.3 Å². The summed E-state index contributed by atoms with van der Waals surface area (Å²) in [4.78, 5) is 14.4. The average Bonchev–Trinajstić information content (AvgIpc) is 3.31. The molecular formula is C20H28N2O2. The van der Waals surface area contributed by atoms with Crippen molar-refractivity contribution in [3.8, 4) is 0 Å². The first-order chi connectivity index (χ1) is 11.7. The van der Waals surface area contributed by atoms with E-state index in [0.29, 0.717) is 11.8 Å². The molecule has 0 bridgehead atoms. The molecule has 2 aliphatic heterocycles. The number of carbonyl (C=O) groups is 1. The molecule has 1 aromatic carbocycles. The van der Waals surface area contributed by atoms with Crippen molar-refractivity contribution in [1.82, 2.24) is 10.2 Å². The number of ether oxygens (including phenoxy) is 1. The van der Waals surface area contributed by atoms with Gasteiger partial charge in [0.15, 0.2) is 0 Å². The molecule has 4 nitrogen and oxygen atoms in total. The number of benzene rings is 1. The maximum atomic E-state index is 11.9. The van der Waals surface area contributed by atoms with Crippen LogP contribution in [0.5, 0.6) is 0 Å². The molecule has 1 aromatic rings. The van der Waals surface area contributed by atoms with Crippen molar-refractivity contribution >= 4 is 5.97 Å². The molecule has 1 N–H and O–H groups in total. The van der Waals surface area contributed by atoms with E-state index in [9.17, 15) is 4.79 Å². The molecule has 4 rings (SSSR count). The Morgan fingerprint density at radius 1 is 1.42 bits per heavy atom. The Morgan fingerprint density at radius 2 is 2.25 bits per heavy atom. The molecule has 3 aliphatic rings. The topological polar surface area (TPSA) is 41.6 Å².